The zero-order valence-electron chi connectivity index (χ0n) is 11.6. The summed E-state index contributed by atoms with van der Waals surface area (Å²) in [6, 6.07) is 0. The Kier molecular flexibility index (Phi) is 6.81. The minimum atomic E-state index is 0.606. The number of morpholine rings is 1. The highest BCUT2D eigenvalue weighted by Gasteiger charge is 2.14. The molecule has 1 unspecified atom stereocenters. The van der Waals surface area contributed by atoms with E-state index in [2.05, 4.69) is 15.2 Å². The van der Waals surface area contributed by atoms with Crippen molar-refractivity contribution in [1.82, 2.24) is 10.2 Å². The lowest BCUT2D eigenvalue weighted by Gasteiger charge is -2.26. The second-order valence-corrected chi connectivity index (χ2v) is 6.50. The lowest BCUT2D eigenvalue weighted by molar-refractivity contribution is 0.0376. The van der Waals surface area contributed by atoms with Gasteiger partial charge < -0.3 is 15.8 Å². The Bertz CT molecular complexity index is 276. The second-order valence-electron chi connectivity index (χ2n) is 5.10. The fourth-order valence-electron chi connectivity index (χ4n) is 2.39. The average molecular weight is 286 g/mol. The van der Waals surface area contributed by atoms with E-state index in [1.165, 1.54) is 18.6 Å². The van der Waals surface area contributed by atoms with E-state index >= 15 is 0 Å². The molecular weight excluding hydrogens is 260 g/mol. The number of hydrogen-bond donors (Lipinski definition) is 2. The molecule has 2 saturated heterocycles. The molecule has 5 nitrogen and oxygen atoms in total. The van der Waals surface area contributed by atoms with Crippen LogP contribution in [0.15, 0.2) is 4.99 Å². The number of guanidine groups is 1. The van der Waals surface area contributed by atoms with E-state index in [9.17, 15) is 0 Å². The first-order valence-corrected chi connectivity index (χ1v) is 8.35. The van der Waals surface area contributed by atoms with Gasteiger partial charge in [0.15, 0.2) is 5.96 Å². The molecule has 0 amide bonds. The van der Waals surface area contributed by atoms with Crippen LogP contribution >= 0.6 is 11.8 Å². The minimum absolute atomic E-state index is 0.606. The number of thioether (sulfide) groups is 1. The summed E-state index contributed by atoms with van der Waals surface area (Å²) in [7, 11) is 0. The molecule has 0 saturated carbocycles. The SMILES string of the molecule is NC(=NCC1CCCS1)NCCCN1CCOCC1. The van der Waals surface area contributed by atoms with Gasteiger partial charge in [-0.3, -0.25) is 9.89 Å². The van der Waals surface area contributed by atoms with Crippen molar-refractivity contribution >= 4 is 17.7 Å². The Hall–Kier alpha value is -0.460. The Morgan fingerprint density at radius 2 is 2.26 bits per heavy atom. The lowest BCUT2D eigenvalue weighted by Crippen LogP contribution is -2.39. The molecule has 0 aromatic carbocycles. The van der Waals surface area contributed by atoms with Crippen LogP contribution in [0, 0.1) is 0 Å². The molecule has 2 aliphatic rings. The van der Waals surface area contributed by atoms with Crippen molar-refractivity contribution in [2.75, 3.05) is 51.7 Å². The van der Waals surface area contributed by atoms with Gasteiger partial charge in [-0.15, -0.1) is 0 Å². The summed E-state index contributed by atoms with van der Waals surface area (Å²) in [6.45, 7) is 6.75. The van der Waals surface area contributed by atoms with Gasteiger partial charge in [0.2, 0.25) is 0 Å². The van der Waals surface area contributed by atoms with Crippen LogP contribution in [-0.4, -0.2) is 67.8 Å². The summed E-state index contributed by atoms with van der Waals surface area (Å²) in [4.78, 5) is 6.86. The van der Waals surface area contributed by atoms with Crippen LogP contribution in [0.5, 0.6) is 0 Å². The van der Waals surface area contributed by atoms with E-state index in [-0.39, 0.29) is 0 Å². The predicted molar refractivity (Wildman–Crippen MR) is 81.8 cm³/mol. The summed E-state index contributed by atoms with van der Waals surface area (Å²) in [5.74, 6) is 1.89. The van der Waals surface area contributed by atoms with Crippen molar-refractivity contribution < 1.29 is 4.74 Å². The van der Waals surface area contributed by atoms with Gasteiger partial charge in [0.25, 0.3) is 0 Å². The van der Waals surface area contributed by atoms with Crippen molar-refractivity contribution in [3.8, 4) is 0 Å². The molecule has 0 radical (unpaired) electrons. The zero-order chi connectivity index (χ0) is 13.3. The van der Waals surface area contributed by atoms with Gasteiger partial charge in [0.05, 0.1) is 19.8 Å². The highest BCUT2D eigenvalue weighted by Crippen LogP contribution is 2.25. The largest absolute Gasteiger partial charge is 0.379 e. The summed E-state index contributed by atoms with van der Waals surface area (Å²) in [5, 5.41) is 3.90. The number of ether oxygens (including phenoxy) is 1. The molecule has 0 aromatic heterocycles. The van der Waals surface area contributed by atoms with Crippen LogP contribution in [0.4, 0.5) is 0 Å². The van der Waals surface area contributed by atoms with Crippen LogP contribution in [0.2, 0.25) is 0 Å². The van der Waals surface area contributed by atoms with E-state index in [0.29, 0.717) is 11.2 Å². The molecule has 0 aliphatic carbocycles. The summed E-state index contributed by atoms with van der Waals surface area (Å²) < 4.78 is 5.33. The molecular formula is C13H26N4OS. The van der Waals surface area contributed by atoms with Crippen LogP contribution < -0.4 is 11.1 Å². The maximum atomic E-state index is 5.87. The van der Waals surface area contributed by atoms with E-state index in [1.54, 1.807) is 0 Å². The first-order chi connectivity index (χ1) is 9.34. The van der Waals surface area contributed by atoms with Gasteiger partial charge in [-0.25, -0.2) is 0 Å². The normalized spacial score (nSPS) is 25.7. The number of nitrogens with zero attached hydrogens (tertiary/aromatic N) is 2. The number of nitrogens with one attached hydrogen (secondary N) is 1. The monoisotopic (exact) mass is 286 g/mol. The van der Waals surface area contributed by atoms with Crippen molar-refractivity contribution in [1.29, 1.82) is 0 Å². The molecule has 1 atom stereocenters. The Morgan fingerprint density at radius 1 is 1.42 bits per heavy atom. The summed E-state index contributed by atoms with van der Waals surface area (Å²) in [5.41, 5.74) is 5.87. The molecule has 6 heteroatoms. The number of nitrogens with two attached hydrogens (primary N) is 1. The van der Waals surface area contributed by atoms with E-state index in [4.69, 9.17) is 10.5 Å². The molecule has 110 valence electrons. The second kappa shape index (κ2) is 8.66. The topological polar surface area (TPSA) is 62.9 Å². The van der Waals surface area contributed by atoms with Crippen LogP contribution in [0.25, 0.3) is 0 Å². The lowest BCUT2D eigenvalue weighted by atomic mass is 10.2. The van der Waals surface area contributed by atoms with Gasteiger partial charge in [-0.1, -0.05) is 0 Å². The quantitative estimate of drug-likeness (QED) is 0.423. The fraction of sp³-hybridized carbons (Fsp3) is 0.923. The average Bonchev–Trinajstić information content (AvgIpc) is 2.96. The molecule has 0 aromatic rings. The minimum Gasteiger partial charge on any atom is -0.379 e. The van der Waals surface area contributed by atoms with Crippen molar-refractivity contribution in [2.24, 2.45) is 10.7 Å². The third-order valence-electron chi connectivity index (χ3n) is 3.55. The molecule has 19 heavy (non-hydrogen) atoms. The maximum Gasteiger partial charge on any atom is 0.188 e. The third kappa shape index (κ3) is 6.01. The first kappa shape index (κ1) is 14.9. The Morgan fingerprint density at radius 3 is 3.00 bits per heavy atom. The van der Waals surface area contributed by atoms with Crippen LogP contribution in [-0.2, 0) is 4.74 Å². The smallest absolute Gasteiger partial charge is 0.188 e. The fourth-order valence-corrected chi connectivity index (χ4v) is 3.57. The van der Waals surface area contributed by atoms with Crippen molar-refractivity contribution in [2.45, 2.75) is 24.5 Å². The molecule has 2 aliphatic heterocycles. The Labute approximate surface area is 120 Å². The van der Waals surface area contributed by atoms with Crippen LogP contribution in [0.3, 0.4) is 0 Å². The van der Waals surface area contributed by atoms with Gasteiger partial charge in [0.1, 0.15) is 0 Å². The summed E-state index contributed by atoms with van der Waals surface area (Å²) in [6.07, 6.45) is 3.73. The maximum absolute atomic E-state index is 5.87. The number of hydrogen-bond acceptors (Lipinski definition) is 4. The van der Waals surface area contributed by atoms with Crippen molar-refractivity contribution in [3.05, 3.63) is 0 Å². The van der Waals surface area contributed by atoms with Gasteiger partial charge >= 0.3 is 0 Å². The molecule has 2 rings (SSSR count). The van der Waals surface area contributed by atoms with Gasteiger partial charge in [-0.2, -0.15) is 11.8 Å². The zero-order valence-corrected chi connectivity index (χ0v) is 12.5. The van der Waals surface area contributed by atoms with E-state index in [1.807, 2.05) is 11.8 Å². The molecule has 2 heterocycles. The number of aliphatic imine (C=N–C) groups is 1. The van der Waals surface area contributed by atoms with Gasteiger partial charge in [0, 0.05) is 24.9 Å². The van der Waals surface area contributed by atoms with Crippen molar-refractivity contribution in [3.63, 3.8) is 0 Å². The van der Waals surface area contributed by atoms with Crippen LogP contribution in [0.1, 0.15) is 19.3 Å². The Balaban J connectivity index is 1.50. The molecule has 2 fully saturated rings. The molecule has 0 bridgehead atoms. The highest BCUT2D eigenvalue weighted by atomic mass is 32.2. The third-order valence-corrected chi connectivity index (χ3v) is 4.93. The highest BCUT2D eigenvalue weighted by molar-refractivity contribution is 8.00. The summed E-state index contributed by atoms with van der Waals surface area (Å²) >= 11 is 2.02. The van der Waals surface area contributed by atoms with E-state index in [0.717, 1.165) is 52.4 Å². The van der Waals surface area contributed by atoms with E-state index < -0.39 is 0 Å². The molecule has 3 N–H and O–H groups in total. The predicted octanol–water partition coefficient (Wildman–Crippen LogP) is 0.509. The standard InChI is InChI=1S/C13H26N4OS/c14-13(16-11-12-3-1-10-19-12)15-4-2-5-17-6-8-18-9-7-17/h12H,1-11H2,(H3,14,15,16). The number of rotatable bonds is 6. The van der Waals surface area contributed by atoms with Gasteiger partial charge in [-0.05, 0) is 31.6 Å². The molecule has 0 spiro atoms. The first-order valence-electron chi connectivity index (χ1n) is 7.30.